The van der Waals surface area contributed by atoms with E-state index in [0.29, 0.717) is 0 Å². The van der Waals surface area contributed by atoms with E-state index >= 15 is 0 Å². The Kier molecular flexibility index (Phi) is 16.3. The maximum Gasteiger partial charge on any atom is 0.336 e. The first-order valence-corrected chi connectivity index (χ1v) is 13.0. The van der Waals surface area contributed by atoms with E-state index in [4.69, 9.17) is 26.7 Å². The number of carbonyl (C=O) groups is 6. The maximum atomic E-state index is 12.4. The number of hydrogen-bond donors (Lipinski definition) is 7. The summed E-state index contributed by atoms with van der Waals surface area (Å²) in [5, 5.41) is 4.84. The van der Waals surface area contributed by atoms with Crippen molar-refractivity contribution in [1.82, 2.24) is 10.6 Å². The lowest BCUT2D eigenvalue weighted by Gasteiger charge is -2.22. The zero-order chi connectivity index (χ0) is 28.9. The van der Waals surface area contributed by atoms with E-state index in [9.17, 15) is 28.8 Å². The number of carbonyl (C=O) groups excluding carboxylic acids is 6. The van der Waals surface area contributed by atoms with Crippen molar-refractivity contribution in [3.63, 3.8) is 0 Å². The van der Waals surface area contributed by atoms with Crippen LogP contribution in [-0.4, -0.2) is 77.4 Å². The average Bonchev–Trinajstić information content (AvgIpc) is 2.83. The van der Waals surface area contributed by atoms with Gasteiger partial charge in [-0.15, -0.1) is 0 Å². The van der Waals surface area contributed by atoms with Crippen molar-refractivity contribution < 1.29 is 38.2 Å². The Morgan fingerprint density at radius 1 is 0.676 bits per heavy atom. The third kappa shape index (κ3) is 12.7. The van der Waals surface area contributed by atoms with Gasteiger partial charge >= 0.3 is 23.9 Å². The van der Waals surface area contributed by atoms with Gasteiger partial charge in [-0.25, -0.2) is 14.4 Å². The molecule has 0 radical (unpaired) electrons. The average molecular weight is 566 g/mol. The summed E-state index contributed by atoms with van der Waals surface area (Å²) in [5.74, 6) is -5.79. The van der Waals surface area contributed by atoms with Crippen molar-refractivity contribution in [3.05, 3.63) is 0 Å². The van der Waals surface area contributed by atoms with Crippen molar-refractivity contribution in [3.8, 4) is 0 Å². The van der Waals surface area contributed by atoms with Gasteiger partial charge in [0.25, 0.3) is 0 Å². The molecule has 13 nitrogen and oxygen atoms in total. The smallest absolute Gasteiger partial charge is 0.336 e. The van der Waals surface area contributed by atoms with Crippen molar-refractivity contribution >= 4 is 60.9 Å². The van der Waals surface area contributed by atoms with Crippen LogP contribution in [0.1, 0.15) is 47.0 Å². The van der Waals surface area contributed by atoms with Crippen LogP contribution in [0.4, 0.5) is 0 Å². The number of rotatable bonds is 15. The highest BCUT2D eigenvalue weighted by Gasteiger charge is 2.31. The largest absolute Gasteiger partial charge is 0.392 e. The highest BCUT2D eigenvalue weighted by atomic mass is 32.1. The van der Waals surface area contributed by atoms with Crippen LogP contribution in [0.5, 0.6) is 0 Å². The minimum absolute atomic E-state index is 0.0426. The van der Waals surface area contributed by atoms with Gasteiger partial charge in [0.15, 0.2) is 0 Å². The third-order valence-corrected chi connectivity index (χ3v) is 5.90. The number of ether oxygens (including phenoxy) is 2. The van der Waals surface area contributed by atoms with Gasteiger partial charge in [0.2, 0.25) is 11.8 Å². The summed E-state index contributed by atoms with van der Waals surface area (Å²) in [4.78, 5) is 72.9. The number of thiol groups is 2. The Bertz CT molecular complexity index is 827. The number of amides is 2. The molecule has 37 heavy (non-hydrogen) atoms. The second kappa shape index (κ2) is 17.3. The molecule has 2 amide bonds. The van der Waals surface area contributed by atoms with Gasteiger partial charge in [-0.1, -0.05) is 27.7 Å². The molecule has 0 bridgehead atoms. The maximum absolute atomic E-state index is 12.4. The second-order valence-electron chi connectivity index (χ2n) is 9.07. The Labute approximate surface area is 227 Å². The number of nitrogens with two attached hydrogens (primary N) is 3. The van der Waals surface area contributed by atoms with E-state index in [2.05, 4.69) is 35.9 Å². The molecule has 0 aromatic heterocycles. The molecule has 0 rings (SSSR count). The van der Waals surface area contributed by atoms with Crippen LogP contribution < -0.4 is 27.8 Å². The molecule has 0 fully saturated rings. The summed E-state index contributed by atoms with van der Waals surface area (Å²) in [6.45, 7) is 6.58. The van der Waals surface area contributed by atoms with E-state index in [1.807, 2.05) is 0 Å². The first-order valence-electron chi connectivity index (χ1n) is 11.7. The molecule has 8 N–H and O–H groups in total. The van der Waals surface area contributed by atoms with Crippen LogP contribution in [0.3, 0.4) is 0 Å². The summed E-state index contributed by atoms with van der Waals surface area (Å²) in [7, 11) is 0. The predicted molar refractivity (Wildman–Crippen MR) is 141 cm³/mol. The van der Waals surface area contributed by atoms with Crippen LogP contribution in [0.2, 0.25) is 0 Å². The van der Waals surface area contributed by atoms with Gasteiger partial charge in [-0.2, -0.15) is 25.3 Å². The first kappa shape index (κ1) is 34.8. The van der Waals surface area contributed by atoms with Crippen LogP contribution in [0.15, 0.2) is 0 Å². The number of nitrogens with one attached hydrogen (secondary N) is 2. The predicted octanol–water partition coefficient (Wildman–Crippen LogP) is -1.58. The van der Waals surface area contributed by atoms with Crippen LogP contribution >= 0.6 is 25.3 Å². The fraction of sp³-hybridized carbons (Fsp3) is 0.727. The summed E-state index contributed by atoms with van der Waals surface area (Å²) in [6.07, 6.45) is -0.275. The Balaban J connectivity index is 4.75. The third-order valence-electron chi connectivity index (χ3n) is 5.12. The van der Waals surface area contributed by atoms with Gasteiger partial charge in [-0.3, -0.25) is 14.4 Å². The van der Waals surface area contributed by atoms with Crippen molar-refractivity contribution in [2.24, 2.45) is 29.0 Å². The fourth-order valence-electron chi connectivity index (χ4n) is 2.73. The van der Waals surface area contributed by atoms with E-state index in [1.54, 1.807) is 27.7 Å². The number of hydrogen-bond acceptors (Lipinski definition) is 13. The van der Waals surface area contributed by atoms with Crippen LogP contribution in [-0.2, 0) is 38.2 Å². The van der Waals surface area contributed by atoms with Gasteiger partial charge in [-0.05, 0) is 24.7 Å². The number of esters is 4. The van der Waals surface area contributed by atoms with E-state index < -0.39 is 71.8 Å². The monoisotopic (exact) mass is 565 g/mol. The molecule has 0 aliphatic rings. The highest BCUT2D eigenvalue weighted by Crippen LogP contribution is 2.10. The molecule has 0 saturated carbocycles. The second-order valence-corrected chi connectivity index (χ2v) is 9.80. The molecule has 0 aliphatic carbocycles. The van der Waals surface area contributed by atoms with Gasteiger partial charge in [0.1, 0.15) is 18.1 Å². The molecule has 5 atom stereocenters. The zero-order valence-corrected chi connectivity index (χ0v) is 23.3. The highest BCUT2D eigenvalue weighted by molar-refractivity contribution is 7.80. The van der Waals surface area contributed by atoms with Crippen LogP contribution in [0, 0.1) is 11.8 Å². The topological polar surface area (TPSA) is 223 Å². The Morgan fingerprint density at radius 2 is 1.08 bits per heavy atom. The molecule has 0 aliphatic heterocycles. The molecule has 212 valence electrons. The Morgan fingerprint density at radius 3 is 1.46 bits per heavy atom. The molecule has 0 saturated heterocycles. The van der Waals surface area contributed by atoms with Crippen LogP contribution in [0.25, 0.3) is 0 Å². The molecular weight excluding hydrogens is 526 g/mol. The SMILES string of the molecule is CC(C)[C@H](NC(=O)[C@@H](N)CS)C(=O)OC(=O)CCCC(N)C(=O)OC(=O)[C@@H](NC(=O)[C@@H](N)CS)C(C)C. The van der Waals surface area contributed by atoms with E-state index in [-0.39, 0.29) is 36.7 Å². The quantitative estimate of drug-likeness (QED) is 0.0681. The van der Waals surface area contributed by atoms with Crippen molar-refractivity contribution in [2.45, 2.75) is 77.2 Å². The standard InChI is InChI=1S/C22H39N5O8S2/c1-10(2)16(26-18(29)13(24)8-36)21(32)34-15(28)7-5-6-12(23)20(31)35-22(33)17(11(3)4)27-19(30)14(25)9-37/h10-14,16-17,36-37H,5-9,23-25H2,1-4H3,(H,26,29)(H,27,30)/t12?,13-,14-,16-,17-/m0/s1. The summed E-state index contributed by atoms with van der Waals surface area (Å²) in [6, 6.07) is -5.35. The molecule has 15 heteroatoms. The fourth-order valence-corrected chi connectivity index (χ4v) is 3.06. The molecule has 0 heterocycles. The minimum atomic E-state index is -1.25. The lowest BCUT2D eigenvalue weighted by Crippen LogP contribution is -2.52. The van der Waals surface area contributed by atoms with Gasteiger partial charge in [0.05, 0.1) is 12.1 Å². The van der Waals surface area contributed by atoms with Crippen molar-refractivity contribution in [1.29, 1.82) is 0 Å². The molecular formula is C22H39N5O8S2. The normalized spacial score (nSPS) is 15.2. The van der Waals surface area contributed by atoms with E-state index in [1.165, 1.54) is 0 Å². The summed E-state index contributed by atoms with van der Waals surface area (Å²) in [5.41, 5.74) is 16.9. The molecule has 1 unspecified atom stereocenters. The lowest BCUT2D eigenvalue weighted by atomic mass is 10.0. The van der Waals surface area contributed by atoms with E-state index in [0.717, 1.165) is 0 Å². The molecule has 0 aromatic carbocycles. The zero-order valence-electron chi connectivity index (χ0n) is 21.5. The van der Waals surface area contributed by atoms with Crippen molar-refractivity contribution in [2.75, 3.05) is 11.5 Å². The first-order chi connectivity index (χ1) is 17.2. The Hall–Kier alpha value is -2.20. The molecule has 0 aromatic rings. The van der Waals surface area contributed by atoms with Gasteiger partial charge < -0.3 is 37.3 Å². The summed E-state index contributed by atoms with van der Waals surface area (Å²) < 4.78 is 9.59. The minimum Gasteiger partial charge on any atom is -0.392 e. The lowest BCUT2D eigenvalue weighted by molar-refractivity contribution is -0.165. The summed E-state index contributed by atoms with van der Waals surface area (Å²) >= 11 is 7.85. The van der Waals surface area contributed by atoms with Gasteiger partial charge in [0, 0.05) is 17.9 Å². The molecule has 0 spiro atoms.